The first-order valence-electron chi connectivity index (χ1n) is 5.48. The molecule has 0 aliphatic carbocycles. The number of benzene rings is 1. The maximum Gasteiger partial charge on any atom is 0.416 e. The Hall–Kier alpha value is -1.52. The zero-order valence-corrected chi connectivity index (χ0v) is 12.8. The molecule has 0 saturated heterocycles. The van der Waals surface area contributed by atoms with Crippen molar-refractivity contribution in [3.05, 3.63) is 48.3 Å². The van der Waals surface area contributed by atoms with E-state index in [-0.39, 0.29) is 0 Å². The summed E-state index contributed by atoms with van der Waals surface area (Å²) in [7, 11) is -3.25. The fraction of sp³-hybridized carbons (Fsp3) is 0.0909. The normalized spacial score (nSPS) is 13.3. The van der Waals surface area contributed by atoms with Crippen molar-refractivity contribution in [3.8, 4) is 0 Å². The van der Waals surface area contributed by atoms with Gasteiger partial charge in [-0.3, -0.25) is 0 Å². The molecule has 1 aromatic carbocycles. The maximum atomic E-state index is 12.4. The highest BCUT2D eigenvalue weighted by atomic mass is 35.7. The van der Waals surface area contributed by atoms with Crippen LogP contribution in [0.2, 0.25) is 0 Å². The lowest BCUT2D eigenvalue weighted by atomic mass is 10.2. The molecule has 0 unspecified atom stereocenters. The number of hydrogen-bond donors (Lipinski definition) is 0. The highest BCUT2D eigenvalue weighted by molar-refractivity contribution is 8.13. The molecule has 0 saturated carbocycles. The molecule has 0 fully saturated rings. The molecule has 22 heavy (non-hydrogen) atoms. The lowest BCUT2D eigenvalue weighted by molar-refractivity contribution is -0.137. The third-order valence-corrected chi connectivity index (χ3v) is 5.67. The highest BCUT2D eigenvalue weighted by Gasteiger charge is 2.31. The molecule has 0 N–H and O–H groups in total. The van der Waals surface area contributed by atoms with Crippen LogP contribution in [0, 0.1) is 0 Å². The van der Waals surface area contributed by atoms with Gasteiger partial charge in [-0.2, -0.15) is 13.2 Å². The number of nitrogens with zero attached hydrogens (tertiary/aromatic N) is 1. The minimum atomic E-state index is -4.59. The first kappa shape index (κ1) is 16.8. The smallest absolute Gasteiger partial charge is 0.248 e. The molecule has 5 nitrogen and oxygen atoms in total. The summed E-state index contributed by atoms with van der Waals surface area (Å²) < 4.78 is 84.4. The van der Waals surface area contributed by atoms with E-state index < -0.39 is 40.6 Å². The van der Waals surface area contributed by atoms with Gasteiger partial charge in [0.25, 0.3) is 19.1 Å². The summed E-state index contributed by atoms with van der Waals surface area (Å²) in [5.74, 6) is 0. The molecule has 120 valence electrons. The van der Waals surface area contributed by atoms with E-state index in [1.807, 2.05) is 0 Å². The van der Waals surface area contributed by atoms with Crippen molar-refractivity contribution in [1.29, 1.82) is 0 Å². The third-order valence-electron chi connectivity index (χ3n) is 2.68. The molecule has 2 aromatic rings. The Labute approximate surface area is 128 Å². The third kappa shape index (κ3) is 3.28. The quantitative estimate of drug-likeness (QED) is 0.775. The van der Waals surface area contributed by atoms with Crippen LogP contribution in [-0.4, -0.2) is 20.8 Å². The predicted molar refractivity (Wildman–Crippen MR) is 71.5 cm³/mol. The lowest BCUT2D eigenvalue weighted by Gasteiger charge is -2.09. The Kier molecular flexibility index (Phi) is 4.05. The van der Waals surface area contributed by atoms with Crippen LogP contribution in [0.1, 0.15) is 5.56 Å². The van der Waals surface area contributed by atoms with Gasteiger partial charge in [0.1, 0.15) is 4.90 Å². The number of hydrogen-bond acceptors (Lipinski definition) is 4. The summed E-state index contributed by atoms with van der Waals surface area (Å²) in [6.45, 7) is 0. The van der Waals surface area contributed by atoms with Gasteiger partial charge >= 0.3 is 6.18 Å². The van der Waals surface area contributed by atoms with E-state index in [2.05, 4.69) is 0 Å². The minimum Gasteiger partial charge on any atom is -0.248 e. The van der Waals surface area contributed by atoms with E-state index in [0.717, 1.165) is 30.6 Å². The predicted octanol–water partition coefficient (Wildman–Crippen LogP) is 2.67. The topological polar surface area (TPSA) is 73.2 Å². The first-order chi connectivity index (χ1) is 9.92. The average molecular weight is 374 g/mol. The molecule has 2 rings (SSSR count). The molecule has 0 aliphatic rings. The van der Waals surface area contributed by atoms with Crippen LogP contribution < -0.4 is 0 Å². The van der Waals surface area contributed by atoms with Crippen molar-refractivity contribution in [2.24, 2.45) is 0 Å². The standard InChI is InChI=1S/C11H7ClF3NO4S2/c12-21(17,18)10-5-6-16(7-10)22(19,20)9-3-1-8(2-4-9)11(13,14)15/h1-7H. The Bertz CT molecular complexity index is 900. The van der Waals surface area contributed by atoms with Crippen molar-refractivity contribution >= 4 is 29.8 Å². The van der Waals surface area contributed by atoms with Gasteiger partial charge in [0.05, 0.1) is 10.5 Å². The van der Waals surface area contributed by atoms with Gasteiger partial charge in [0.2, 0.25) is 0 Å². The maximum absolute atomic E-state index is 12.4. The SMILES string of the molecule is O=S(=O)(Cl)c1ccn(S(=O)(=O)c2ccc(C(F)(F)F)cc2)c1. The Morgan fingerprint density at radius 1 is 0.909 bits per heavy atom. The van der Waals surface area contributed by atoms with Crippen molar-refractivity contribution in [3.63, 3.8) is 0 Å². The van der Waals surface area contributed by atoms with E-state index in [4.69, 9.17) is 10.7 Å². The Balaban J connectivity index is 2.45. The monoisotopic (exact) mass is 373 g/mol. The number of halogens is 4. The molecular weight excluding hydrogens is 367 g/mol. The molecule has 0 amide bonds. The summed E-state index contributed by atoms with van der Waals surface area (Å²) in [6.07, 6.45) is -2.90. The van der Waals surface area contributed by atoms with Gasteiger partial charge < -0.3 is 0 Å². The fourth-order valence-corrected chi connectivity index (χ4v) is 3.59. The van der Waals surface area contributed by atoms with Crippen LogP contribution in [0.25, 0.3) is 0 Å². The van der Waals surface area contributed by atoms with Crippen LogP contribution in [-0.2, 0) is 25.3 Å². The summed E-state index contributed by atoms with van der Waals surface area (Å²) in [4.78, 5) is -0.862. The number of alkyl halides is 3. The Morgan fingerprint density at radius 3 is 1.86 bits per heavy atom. The van der Waals surface area contributed by atoms with Gasteiger partial charge in [-0.15, -0.1) is 0 Å². The largest absolute Gasteiger partial charge is 0.416 e. The van der Waals surface area contributed by atoms with Crippen molar-refractivity contribution in [2.45, 2.75) is 16.0 Å². The summed E-state index contributed by atoms with van der Waals surface area (Å²) >= 11 is 0. The van der Waals surface area contributed by atoms with E-state index in [0.29, 0.717) is 16.1 Å². The van der Waals surface area contributed by atoms with E-state index in [1.54, 1.807) is 0 Å². The van der Waals surface area contributed by atoms with Crippen molar-refractivity contribution < 1.29 is 30.0 Å². The van der Waals surface area contributed by atoms with Crippen molar-refractivity contribution in [1.82, 2.24) is 3.97 Å². The molecule has 0 aliphatic heterocycles. The van der Waals surface area contributed by atoms with Crippen molar-refractivity contribution in [2.75, 3.05) is 0 Å². The summed E-state index contributed by atoms with van der Waals surface area (Å²) in [5, 5.41) is 0. The second kappa shape index (κ2) is 5.28. The molecule has 11 heteroatoms. The van der Waals surface area contributed by atoms with Gasteiger partial charge in [-0.25, -0.2) is 20.8 Å². The zero-order valence-electron chi connectivity index (χ0n) is 10.5. The van der Waals surface area contributed by atoms with Crippen LogP contribution in [0.4, 0.5) is 13.2 Å². The Morgan fingerprint density at radius 2 is 1.45 bits per heavy atom. The van der Waals surface area contributed by atoms with Crippen LogP contribution in [0.15, 0.2) is 52.5 Å². The molecular formula is C11H7ClF3NO4S2. The molecule has 0 radical (unpaired) electrons. The molecule has 0 bridgehead atoms. The van der Waals surface area contributed by atoms with E-state index >= 15 is 0 Å². The van der Waals surface area contributed by atoms with Gasteiger partial charge in [0.15, 0.2) is 0 Å². The lowest BCUT2D eigenvalue weighted by Crippen LogP contribution is -2.12. The van der Waals surface area contributed by atoms with E-state index in [9.17, 15) is 30.0 Å². The van der Waals surface area contributed by atoms with Crippen LogP contribution >= 0.6 is 10.7 Å². The highest BCUT2D eigenvalue weighted by Crippen LogP contribution is 2.30. The van der Waals surface area contributed by atoms with Crippen LogP contribution in [0.5, 0.6) is 0 Å². The first-order valence-corrected chi connectivity index (χ1v) is 9.23. The molecule has 0 spiro atoms. The minimum absolute atomic E-state index is 0.422. The molecule has 0 atom stereocenters. The van der Waals surface area contributed by atoms with Gasteiger partial charge in [-0.05, 0) is 30.3 Å². The fourth-order valence-electron chi connectivity index (χ4n) is 1.59. The van der Waals surface area contributed by atoms with Crippen LogP contribution in [0.3, 0.4) is 0 Å². The number of rotatable bonds is 3. The number of aromatic nitrogens is 1. The molecule has 1 heterocycles. The second-order valence-corrected chi connectivity index (χ2v) is 8.55. The zero-order chi connectivity index (χ0) is 16.8. The molecule has 1 aromatic heterocycles. The second-order valence-electron chi connectivity index (χ2n) is 4.14. The average Bonchev–Trinajstić information content (AvgIpc) is 2.88. The van der Waals surface area contributed by atoms with E-state index in [1.165, 1.54) is 0 Å². The summed E-state index contributed by atoms with van der Waals surface area (Å²) in [5.41, 5.74) is -0.997. The van der Waals surface area contributed by atoms with Gasteiger partial charge in [-0.1, -0.05) is 0 Å². The van der Waals surface area contributed by atoms with Gasteiger partial charge in [0, 0.05) is 23.1 Å². The summed E-state index contributed by atoms with van der Waals surface area (Å²) in [6, 6.07) is 3.77.